The normalized spacial score (nSPS) is 18.8. The number of nitrogens with zero attached hydrogens (tertiary/aromatic N) is 3. The summed E-state index contributed by atoms with van der Waals surface area (Å²) in [6, 6.07) is 3.46. The van der Waals surface area contributed by atoms with Crippen LogP contribution in [0.5, 0.6) is 0 Å². The highest BCUT2D eigenvalue weighted by atomic mass is 32.1. The second kappa shape index (κ2) is 4.90. The first-order chi connectivity index (χ1) is 7.65. The number of piperazine rings is 1. The second-order valence-electron chi connectivity index (χ2n) is 4.08. The van der Waals surface area contributed by atoms with Gasteiger partial charge in [0, 0.05) is 43.7 Å². The first kappa shape index (κ1) is 11.5. The van der Waals surface area contributed by atoms with E-state index in [1.807, 2.05) is 6.07 Å². The van der Waals surface area contributed by atoms with Crippen LogP contribution in [0.25, 0.3) is 0 Å². The van der Waals surface area contributed by atoms with Crippen molar-refractivity contribution in [2.75, 3.05) is 33.2 Å². The molecule has 1 saturated heterocycles. The molecule has 16 heavy (non-hydrogen) atoms. The predicted octanol–water partition coefficient (Wildman–Crippen LogP) is 1.40. The van der Waals surface area contributed by atoms with Gasteiger partial charge in [0.1, 0.15) is 0 Å². The van der Waals surface area contributed by atoms with Gasteiger partial charge < -0.3 is 4.90 Å². The van der Waals surface area contributed by atoms with Crippen molar-refractivity contribution in [3.05, 3.63) is 27.1 Å². The monoisotopic (exact) mass is 241 g/mol. The smallest absolute Gasteiger partial charge is 0.304 e. The summed E-state index contributed by atoms with van der Waals surface area (Å²) >= 11 is 1.28. The van der Waals surface area contributed by atoms with Crippen LogP contribution in [-0.2, 0) is 6.54 Å². The van der Waals surface area contributed by atoms with Gasteiger partial charge in [-0.3, -0.25) is 15.0 Å². The summed E-state index contributed by atoms with van der Waals surface area (Å²) in [6.07, 6.45) is 0. The third-order valence-electron chi connectivity index (χ3n) is 2.80. The van der Waals surface area contributed by atoms with Gasteiger partial charge in [-0.1, -0.05) is 11.3 Å². The molecule has 1 fully saturated rings. The molecular formula is C10H15N3O2S. The van der Waals surface area contributed by atoms with Crippen LogP contribution < -0.4 is 0 Å². The highest BCUT2D eigenvalue weighted by molar-refractivity contribution is 7.15. The molecule has 0 aromatic carbocycles. The van der Waals surface area contributed by atoms with Gasteiger partial charge in [0.2, 0.25) is 0 Å². The van der Waals surface area contributed by atoms with Crippen molar-refractivity contribution >= 4 is 16.3 Å². The molecule has 0 saturated carbocycles. The minimum atomic E-state index is -0.321. The Balaban J connectivity index is 1.91. The molecule has 0 amide bonds. The molecule has 1 aromatic heterocycles. The molecule has 1 aliphatic heterocycles. The number of nitro groups is 1. The summed E-state index contributed by atoms with van der Waals surface area (Å²) in [5.41, 5.74) is 0. The Morgan fingerprint density at radius 1 is 1.38 bits per heavy atom. The molecule has 0 atom stereocenters. The fourth-order valence-corrected chi connectivity index (χ4v) is 2.64. The Labute approximate surface area is 98.4 Å². The number of hydrogen-bond donors (Lipinski definition) is 0. The van der Waals surface area contributed by atoms with E-state index in [0.717, 1.165) is 37.6 Å². The molecule has 1 aromatic rings. The lowest BCUT2D eigenvalue weighted by Crippen LogP contribution is -2.43. The average molecular weight is 241 g/mol. The molecule has 5 nitrogen and oxygen atoms in total. The molecule has 0 radical (unpaired) electrons. The van der Waals surface area contributed by atoms with E-state index in [1.165, 1.54) is 11.3 Å². The third-order valence-corrected chi connectivity index (χ3v) is 3.82. The van der Waals surface area contributed by atoms with Gasteiger partial charge in [-0.25, -0.2) is 0 Å². The average Bonchev–Trinajstić information content (AvgIpc) is 2.70. The molecule has 1 aliphatic rings. The molecule has 2 rings (SSSR count). The molecule has 0 aliphatic carbocycles. The van der Waals surface area contributed by atoms with Crippen molar-refractivity contribution in [1.82, 2.24) is 9.80 Å². The van der Waals surface area contributed by atoms with Crippen LogP contribution in [-0.4, -0.2) is 47.9 Å². The van der Waals surface area contributed by atoms with Crippen LogP contribution in [0.3, 0.4) is 0 Å². The second-order valence-corrected chi connectivity index (χ2v) is 5.22. The van der Waals surface area contributed by atoms with Gasteiger partial charge >= 0.3 is 5.00 Å². The van der Waals surface area contributed by atoms with Crippen molar-refractivity contribution in [3.8, 4) is 0 Å². The molecular weight excluding hydrogens is 226 g/mol. The number of likely N-dealkylation sites (N-methyl/N-ethyl adjacent to an activating group) is 1. The summed E-state index contributed by atoms with van der Waals surface area (Å²) in [6.45, 7) is 5.08. The summed E-state index contributed by atoms with van der Waals surface area (Å²) < 4.78 is 0. The summed E-state index contributed by atoms with van der Waals surface area (Å²) in [4.78, 5) is 15.9. The maximum atomic E-state index is 10.5. The number of hydrogen-bond acceptors (Lipinski definition) is 5. The Morgan fingerprint density at radius 3 is 2.62 bits per heavy atom. The summed E-state index contributed by atoms with van der Waals surface area (Å²) in [7, 11) is 2.12. The standard InChI is InChI=1S/C10H15N3O2S/c1-11-4-6-12(7-5-11)8-9-2-3-10(16-9)13(14)15/h2-3H,4-8H2,1H3. The zero-order chi connectivity index (χ0) is 11.5. The molecule has 0 bridgehead atoms. The third kappa shape index (κ3) is 2.78. The van der Waals surface area contributed by atoms with E-state index in [0.29, 0.717) is 0 Å². The zero-order valence-electron chi connectivity index (χ0n) is 9.26. The van der Waals surface area contributed by atoms with E-state index in [1.54, 1.807) is 6.07 Å². The van der Waals surface area contributed by atoms with E-state index >= 15 is 0 Å². The van der Waals surface area contributed by atoms with E-state index in [9.17, 15) is 10.1 Å². The van der Waals surface area contributed by atoms with Crippen LogP contribution in [0.15, 0.2) is 12.1 Å². The Kier molecular flexibility index (Phi) is 3.52. The fourth-order valence-electron chi connectivity index (χ4n) is 1.78. The van der Waals surface area contributed by atoms with Crippen LogP contribution in [0, 0.1) is 10.1 Å². The maximum Gasteiger partial charge on any atom is 0.324 e. The maximum absolute atomic E-state index is 10.5. The highest BCUT2D eigenvalue weighted by Crippen LogP contribution is 2.25. The molecule has 0 N–H and O–H groups in total. The van der Waals surface area contributed by atoms with Crippen molar-refractivity contribution in [2.24, 2.45) is 0 Å². The molecule has 0 unspecified atom stereocenters. The zero-order valence-corrected chi connectivity index (χ0v) is 10.1. The first-order valence-electron chi connectivity index (χ1n) is 5.29. The molecule has 0 spiro atoms. The number of rotatable bonds is 3. The minimum absolute atomic E-state index is 0.240. The lowest BCUT2D eigenvalue weighted by molar-refractivity contribution is -0.380. The van der Waals surface area contributed by atoms with Crippen molar-refractivity contribution in [1.29, 1.82) is 0 Å². The van der Waals surface area contributed by atoms with E-state index in [-0.39, 0.29) is 9.92 Å². The lowest BCUT2D eigenvalue weighted by atomic mass is 10.3. The minimum Gasteiger partial charge on any atom is -0.304 e. The van der Waals surface area contributed by atoms with Crippen LogP contribution >= 0.6 is 11.3 Å². The van der Waals surface area contributed by atoms with Gasteiger partial charge in [0.05, 0.1) is 4.92 Å². The van der Waals surface area contributed by atoms with E-state index < -0.39 is 0 Å². The van der Waals surface area contributed by atoms with E-state index in [4.69, 9.17) is 0 Å². The fraction of sp³-hybridized carbons (Fsp3) is 0.600. The number of thiophene rings is 1. The van der Waals surface area contributed by atoms with Crippen molar-refractivity contribution in [2.45, 2.75) is 6.54 Å². The SMILES string of the molecule is CN1CCN(Cc2ccc([N+](=O)[O-])s2)CC1. The molecule has 6 heteroatoms. The summed E-state index contributed by atoms with van der Waals surface area (Å²) in [5.74, 6) is 0. The Morgan fingerprint density at radius 2 is 2.06 bits per heavy atom. The largest absolute Gasteiger partial charge is 0.324 e. The lowest BCUT2D eigenvalue weighted by Gasteiger charge is -2.31. The quantitative estimate of drug-likeness (QED) is 0.593. The Hall–Kier alpha value is -0.980. The first-order valence-corrected chi connectivity index (χ1v) is 6.11. The van der Waals surface area contributed by atoms with Gasteiger partial charge in [-0.05, 0) is 13.1 Å². The van der Waals surface area contributed by atoms with E-state index in [2.05, 4.69) is 16.8 Å². The highest BCUT2D eigenvalue weighted by Gasteiger charge is 2.16. The van der Waals surface area contributed by atoms with Crippen LogP contribution in [0.4, 0.5) is 5.00 Å². The van der Waals surface area contributed by atoms with Gasteiger partial charge in [0.25, 0.3) is 0 Å². The predicted molar refractivity (Wildman–Crippen MR) is 63.7 cm³/mol. The van der Waals surface area contributed by atoms with Gasteiger partial charge in [0.15, 0.2) is 0 Å². The van der Waals surface area contributed by atoms with Gasteiger partial charge in [-0.2, -0.15) is 0 Å². The van der Waals surface area contributed by atoms with Crippen molar-refractivity contribution in [3.63, 3.8) is 0 Å². The van der Waals surface area contributed by atoms with Crippen LogP contribution in [0.1, 0.15) is 4.88 Å². The topological polar surface area (TPSA) is 49.6 Å². The summed E-state index contributed by atoms with van der Waals surface area (Å²) in [5, 5.41) is 10.8. The molecule has 88 valence electrons. The van der Waals surface area contributed by atoms with Gasteiger partial charge in [-0.15, -0.1) is 0 Å². The molecule has 2 heterocycles. The van der Waals surface area contributed by atoms with Crippen molar-refractivity contribution < 1.29 is 4.92 Å². The Bertz CT molecular complexity index is 372. The van der Waals surface area contributed by atoms with Crippen LogP contribution in [0.2, 0.25) is 0 Å².